The van der Waals surface area contributed by atoms with Gasteiger partial charge in [0.15, 0.2) is 0 Å². The van der Waals surface area contributed by atoms with E-state index >= 15 is 0 Å². The average Bonchev–Trinajstić information content (AvgIpc) is 3.44. The minimum Gasteiger partial charge on any atom is -0.478 e. The molecule has 0 unspecified atom stereocenters. The highest BCUT2D eigenvalue weighted by Crippen LogP contribution is 2.49. The minimum absolute atomic E-state index is 0.138. The van der Waals surface area contributed by atoms with E-state index in [0.29, 0.717) is 15.8 Å². The summed E-state index contributed by atoms with van der Waals surface area (Å²) >= 11 is 7.26. The highest BCUT2D eigenvalue weighted by Gasteiger charge is 2.52. The molecule has 6 heteroatoms. The van der Waals surface area contributed by atoms with E-state index in [4.69, 9.17) is 16.3 Å². The lowest BCUT2D eigenvalue weighted by atomic mass is 9.93. The summed E-state index contributed by atoms with van der Waals surface area (Å²) in [6, 6.07) is 17.2. The Morgan fingerprint density at radius 3 is 2.10 bits per heavy atom. The number of hydrogen-bond donors (Lipinski definition) is 1. The first-order valence-corrected chi connectivity index (χ1v) is 10.6. The lowest BCUT2D eigenvalue weighted by Crippen LogP contribution is -2.23. The second-order valence-electron chi connectivity index (χ2n) is 7.06. The van der Waals surface area contributed by atoms with Crippen LogP contribution in [0.4, 0.5) is 0 Å². The van der Waals surface area contributed by atoms with Crippen LogP contribution < -0.4 is 0 Å². The molecule has 0 saturated heterocycles. The lowest BCUT2D eigenvalue weighted by Gasteiger charge is -2.14. The number of carboxylic acids is 1. The van der Waals surface area contributed by atoms with E-state index in [1.165, 1.54) is 17.4 Å². The molecular formula is C23H19ClO4S. The zero-order chi connectivity index (χ0) is 20.6. The Morgan fingerprint density at radius 1 is 1.03 bits per heavy atom. The van der Waals surface area contributed by atoms with Crippen LogP contribution in [0.25, 0.3) is 21.6 Å². The maximum Gasteiger partial charge on any atom is 0.337 e. The number of benzene rings is 2. The van der Waals surface area contributed by atoms with Gasteiger partial charge in [0.05, 0.1) is 26.8 Å². The van der Waals surface area contributed by atoms with Gasteiger partial charge in [-0.15, -0.1) is 11.3 Å². The number of carboxylic acid groups (broad SMARTS) is 1. The lowest BCUT2D eigenvalue weighted by molar-refractivity contribution is -0.146. The fourth-order valence-electron chi connectivity index (χ4n) is 3.53. The first-order chi connectivity index (χ1) is 13.9. The zero-order valence-electron chi connectivity index (χ0n) is 15.8. The van der Waals surface area contributed by atoms with E-state index in [1.54, 1.807) is 0 Å². The predicted molar refractivity (Wildman–Crippen MR) is 115 cm³/mol. The van der Waals surface area contributed by atoms with Gasteiger partial charge in [0.25, 0.3) is 0 Å². The van der Waals surface area contributed by atoms with E-state index in [-0.39, 0.29) is 11.5 Å². The van der Waals surface area contributed by atoms with Crippen LogP contribution in [0.3, 0.4) is 0 Å². The van der Waals surface area contributed by atoms with Gasteiger partial charge in [0.1, 0.15) is 0 Å². The van der Waals surface area contributed by atoms with Crippen LogP contribution in [0.2, 0.25) is 4.34 Å². The van der Waals surface area contributed by atoms with E-state index < -0.39 is 11.4 Å². The fourth-order valence-corrected chi connectivity index (χ4v) is 4.76. The second kappa shape index (κ2) is 7.65. The Kier molecular flexibility index (Phi) is 5.19. The maximum absolute atomic E-state index is 12.3. The van der Waals surface area contributed by atoms with Crippen LogP contribution in [-0.4, -0.2) is 23.7 Å². The van der Waals surface area contributed by atoms with E-state index in [1.807, 2.05) is 55.5 Å². The normalized spacial score (nSPS) is 14.4. The zero-order valence-corrected chi connectivity index (χ0v) is 17.3. The molecule has 0 bridgehead atoms. The Balaban J connectivity index is 1.58. The Hall–Kier alpha value is -2.63. The molecule has 0 aliphatic heterocycles. The molecule has 1 aliphatic rings. The molecule has 0 atom stereocenters. The molecule has 1 aromatic heterocycles. The smallest absolute Gasteiger partial charge is 0.337 e. The van der Waals surface area contributed by atoms with Crippen LogP contribution >= 0.6 is 22.9 Å². The fraction of sp³-hybridized carbons (Fsp3) is 0.217. The van der Waals surface area contributed by atoms with Crippen molar-refractivity contribution in [1.29, 1.82) is 0 Å². The summed E-state index contributed by atoms with van der Waals surface area (Å²) < 4.78 is 5.68. The van der Waals surface area contributed by atoms with Crippen LogP contribution in [0.15, 0.2) is 54.6 Å². The van der Waals surface area contributed by atoms with Crippen LogP contribution in [0.5, 0.6) is 0 Å². The molecule has 1 N–H and O–H groups in total. The van der Waals surface area contributed by atoms with Crippen molar-refractivity contribution in [2.24, 2.45) is 0 Å². The van der Waals surface area contributed by atoms with E-state index in [9.17, 15) is 14.7 Å². The number of halogens is 1. The predicted octanol–water partition coefficient (Wildman–Crippen LogP) is 6.03. The van der Waals surface area contributed by atoms with Gasteiger partial charge in [-0.2, -0.15) is 0 Å². The van der Waals surface area contributed by atoms with Gasteiger partial charge in [-0.1, -0.05) is 60.1 Å². The first-order valence-electron chi connectivity index (χ1n) is 9.36. The van der Waals surface area contributed by atoms with Gasteiger partial charge in [-0.25, -0.2) is 4.79 Å². The summed E-state index contributed by atoms with van der Waals surface area (Å²) in [6.07, 6.45) is 1.66. The SMILES string of the molecule is CCOC(=O)C1(c2ccc(-c3ccc(-c4sc(Cl)cc4C(=O)O)cc3)cc2)CC1. The monoisotopic (exact) mass is 426 g/mol. The Bertz CT molecular complexity index is 1060. The second-order valence-corrected chi connectivity index (χ2v) is 8.74. The third-order valence-corrected chi connectivity index (χ3v) is 6.58. The largest absolute Gasteiger partial charge is 0.478 e. The molecule has 0 spiro atoms. The number of hydrogen-bond acceptors (Lipinski definition) is 4. The molecule has 3 aromatic rings. The quantitative estimate of drug-likeness (QED) is 0.489. The van der Waals surface area contributed by atoms with Gasteiger partial charge >= 0.3 is 11.9 Å². The van der Waals surface area contributed by atoms with Crippen LogP contribution in [0.1, 0.15) is 35.7 Å². The molecule has 0 amide bonds. The molecule has 4 rings (SSSR count). The minimum atomic E-state index is -0.988. The number of carbonyl (C=O) groups excluding carboxylic acids is 1. The number of carbonyl (C=O) groups is 2. The number of thiophene rings is 1. The van der Waals surface area contributed by atoms with E-state index in [2.05, 4.69) is 0 Å². The van der Waals surface area contributed by atoms with Crippen molar-refractivity contribution in [1.82, 2.24) is 0 Å². The summed E-state index contributed by atoms with van der Waals surface area (Å²) in [7, 11) is 0. The molecule has 1 heterocycles. The van der Waals surface area contributed by atoms with Crippen molar-refractivity contribution in [3.63, 3.8) is 0 Å². The molecule has 148 valence electrons. The van der Waals surface area contributed by atoms with Gasteiger partial charge in [0, 0.05) is 0 Å². The molecule has 2 aromatic carbocycles. The van der Waals surface area contributed by atoms with Crippen molar-refractivity contribution in [2.45, 2.75) is 25.2 Å². The highest BCUT2D eigenvalue weighted by molar-refractivity contribution is 7.19. The summed E-state index contributed by atoms with van der Waals surface area (Å²) in [6.45, 7) is 2.22. The van der Waals surface area contributed by atoms with Crippen molar-refractivity contribution in [2.75, 3.05) is 6.61 Å². The first kappa shape index (κ1) is 19.7. The summed E-state index contributed by atoms with van der Waals surface area (Å²) in [5, 5.41) is 9.36. The number of rotatable bonds is 6. The topological polar surface area (TPSA) is 63.6 Å². The molecule has 4 nitrogen and oxygen atoms in total. The van der Waals surface area contributed by atoms with Crippen molar-refractivity contribution < 1.29 is 19.4 Å². The van der Waals surface area contributed by atoms with Gasteiger partial charge in [-0.05, 0) is 48.1 Å². The number of ether oxygens (including phenoxy) is 1. The average molecular weight is 427 g/mol. The Labute approximate surface area is 177 Å². The maximum atomic E-state index is 12.3. The molecule has 1 aliphatic carbocycles. The third kappa shape index (κ3) is 3.68. The van der Waals surface area contributed by atoms with Gasteiger partial charge in [-0.3, -0.25) is 4.79 Å². The molecular weight excluding hydrogens is 408 g/mol. The molecule has 0 radical (unpaired) electrons. The van der Waals surface area contributed by atoms with Gasteiger partial charge in [0.2, 0.25) is 0 Å². The van der Waals surface area contributed by atoms with Crippen LogP contribution in [0, 0.1) is 0 Å². The van der Waals surface area contributed by atoms with Crippen molar-refractivity contribution >= 4 is 34.9 Å². The number of aromatic carboxylic acids is 1. The van der Waals surface area contributed by atoms with Crippen molar-refractivity contribution in [3.05, 3.63) is 70.1 Å². The summed E-state index contributed by atoms with van der Waals surface area (Å²) in [5.74, 6) is -1.13. The van der Waals surface area contributed by atoms with Crippen LogP contribution in [-0.2, 0) is 14.9 Å². The molecule has 1 fully saturated rings. The standard InChI is InChI=1S/C23H19ClO4S/c1-2-28-22(27)23(11-12-23)17-9-7-15(8-10-17)14-3-5-16(6-4-14)20-18(21(25)26)13-19(24)29-20/h3-10,13H,2,11-12H2,1H3,(H,25,26). The molecule has 1 saturated carbocycles. The molecule has 29 heavy (non-hydrogen) atoms. The number of esters is 1. The van der Waals surface area contributed by atoms with Gasteiger partial charge < -0.3 is 9.84 Å². The summed E-state index contributed by atoms with van der Waals surface area (Å²) in [4.78, 5) is 24.3. The Morgan fingerprint density at radius 2 is 1.59 bits per heavy atom. The highest BCUT2D eigenvalue weighted by atomic mass is 35.5. The third-order valence-electron chi connectivity index (χ3n) is 5.27. The summed E-state index contributed by atoms with van der Waals surface area (Å²) in [5.41, 5.74) is 3.60. The van der Waals surface area contributed by atoms with Crippen molar-refractivity contribution in [3.8, 4) is 21.6 Å². The van der Waals surface area contributed by atoms with E-state index in [0.717, 1.165) is 35.1 Å².